The number of hydrogen-bond acceptors (Lipinski definition) is 16. The minimum atomic E-state index is -1.72. The Morgan fingerprint density at radius 3 is 1.84 bits per heavy atom. The Morgan fingerprint density at radius 2 is 1.21 bits per heavy atom. The molecule has 61 heavy (non-hydrogen) atoms. The van der Waals surface area contributed by atoms with Crippen molar-refractivity contribution in [1.82, 2.24) is 0 Å². The first-order valence-corrected chi connectivity index (χ1v) is 23.5. The van der Waals surface area contributed by atoms with E-state index in [1.165, 1.54) is 26.7 Å². The molecular formula is C45H74O16. The van der Waals surface area contributed by atoms with Crippen LogP contribution in [0.2, 0.25) is 0 Å². The maximum absolute atomic E-state index is 12.0. The molecule has 1 spiro atoms. The molecule has 0 aromatic rings. The predicted molar refractivity (Wildman–Crippen MR) is 213 cm³/mol. The highest BCUT2D eigenvalue weighted by atomic mass is 16.8. The van der Waals surface area contributed by atoms with Crippen LogP contribution in [0.4, 0.5) is 0 Å². The molecule has 0 radical (unpaired) electrons. The second kappa shape index (κ2) is 16.9. The summed E-state index contributed by atoms with van der Waals surface area (Å²) in [5.74, 6) is 3.33. The minimum absolute atomic E-state index is 0.134. The molecule has 0 aromatic heterocycles. The van der Waals surface area contributed by atoms with Crippen LogP contribution in [0.1, 0.15) is 106 Å². The average Bonchev–Trinajstić information content (AvgIpc) is 3.69. The van der Waals surface area contributed by atoms with Gasteiger partial charge in [-0.2, -0.15) is 0 Å². The van der Waals surface area contributed by atoms with E-state index in [0.717, 1.165) is 58.0 Å². The molecule has 350 valence electrons. The zero-order chi connectivity index (χ0) is 43.5. The smallest absolute Gasteiger partial charge is 0.187 e. The molecule has 27 atom stereocenters. The van der Waals surface area contributed by atoms with Gasteiger partial charge in [0.15, 0.2) is 24.7 Å². The van der Waals surface area contributed by atoms with Gasteiger partial charge in [0, 0.05) is 12.3 Å². The molecule has 5 heterocycles. The lowest BCUT2D eigenvalue weighted by atomic mass is 9.44. The van der Waals surface area contributed by atoms with Crippen molar-refractivity contribution in [1.29, 1.82) is 0 Å². The third-order valence-corrected chi connectivity index (χ3v) is 18.2. The molecule has 4 saturated carbocycles. The number of ether oxygens (including phenoxy) is 8. The molecule has 8 N–H and O–H groups in total. The van der Waals surface area contributed by atoms with Crippen LogP contribution in [0.5, 0.6) is 0 Å². The van der Waals surface area contributed by atoms with Crippen LogP contribution in [0, 0.1) is 52.3 Å². The van der Waals surface area contributed by atoms with E-state index in [-0.39, 0.29) is 23.0 Å². The monoisotopic (exact) mass is 870 g/mol. The maximum Gasteiger partial charge on any atom is 0.187 e. The van der Waals surface area contributed by atoms with E-state index in [1.54, 1.807) is 0 Å². The summed E-state index contributed by atoms with van der Waals surface area (Å²) in [5, 5.41) is 86.1. The van der Waals surface area contributed by atoms with Crippen molar-refractivity contribution >= 4 is 0 Å². The molecule has 16 heteroatoms. The van der Waals surface area contributed by atoms with Crippen molar-refractivity contribution < 1.29 is 78.7 Å². The van der Waals surface area contributed by atoms with E-state index in [4.69, 9.17) is 37.9 Å². The average molecular weight is 871 g/mol. The van der Waals surface area contributed by atoms with Crippen molar-refractivity contribution in [3.8, 4) is 0 Å². The normalized spacial score (nSPS) is 59.7. The number of aliphatic hydroxyl groups excluding tert-OH is 8. The standard InChI is InChI=1S/C45H74O16/c1-19-9-14-45(54-18-19)20(2)30-28(61-45)16-27-25-8-7-23-15-24(10-12-43(23,5)26(25)11-13-44(27,30)6)57-42-37(53)39(60-41-36(52)34(50)32(48)22(4)56-41)38(29(17-46)58-42)59-40-35(51)33(49)31(47)21(3)55-40/h19-42,46-53H,7-18H2,1-6H3. The third-order valence-electron chi connectivity index (χ3n) is 18.2. The first-order valence-electron chi connectivity index (χ1n) is 23.5. The SMILES string of the molecule is CC1CCC2(OC1)OC1CC3C4CCC5CC(OC6OC(CO)C(OC7OC(C)C(O)C(O)C7O)C(OC7OC(C)C(O)C(O)C7O)C6O)CCC5(C)C4CCC3(C)C1C2C. The molecule has 0 aromatic carbocycles. The third kappa shape index (κ3) is 7.50. The van der Waals surface area contributed by atoms with Gasteiger partial charge in [0.2, 0.25) is 0 Å². The van der Waals surface area contributed by atoms with Crippen molar-refractivity contribution in [2.75, 3.05) is 13.2 Å². The molecule has 5 aliphatic heterocycles. The first kappa shape index (κ1) is 45.5. The Bertz CT molecular complexity index is 1530. The fourth-order valence-corrected chi connectivity index (χ4v) is 14.6. The highest BCUT2D eigenvalue weighted by Gasteiger charge is 2.69. The topological polar surface area (TPSA) is 236 Å². The van der Waals surface area contributed by atoms with Crippen molar-refractivity contribution in [2.24, 2.45) is 52.3 Å². The zero-order valence-electron chi connectivity index (χ0n) is 36.7. The Morgan fingerprint density at radius 1 is 0.590 bits per heavy atom. The summed E-state index contributed by atoms with van der Waals surface area (Å²) in [4.78, 5) is 0. The zero-order valence-corrected chi connectivity index (χ0v) is 36.7. The summed E-state index contributed by atoms with van der Waals surface area (Å²) in [6, 6.07) is 0. The summed E-state index contributed by atoms with van der Waals surface area (Å²) < 4.78 is 50.1. The van der Waals surface area contributed by atoms with Crippen LogP contribution < -0.4 is 0 Å². The number of rotatable bonds is 7. The van der Waals surface area contributed by atoms with Gasteiger partial charge in [0.05, 0.1) is 37.6 Å². The minimum Gasteiger partial charge on any atom is -0.394 e. The van der Waals surface area contributed by atoms with E-state index in [0.29, 0.717) is 41.4 Å². The molecule has 0 amide bonds. The number of fused-ring (bicyclic) bond motifs is 7. The number of aliphatic hydroxyl groups is 8. The summed E-state index contributed by atoms with van der Waals surface area (Å²) in [6.07, 6.45) is -11.1. The molecule has 5 saturated heterocycles. The van der Waals surface area contributed by atoms with E-state index < -0.39 is 105 Å². The molecule has 9 rings (SSSR count). The summed E-state index contributed by atoms with van der Waals surface area (Å²) in [5.41, 5.74) is 0.368. The van der Waals surface area contributed by atoms with Gasteiger partial charge in [-0.05, 0) is 118 Å². The largest absolute Gasteiger partial charge is 0.394 e. The maximum atomic E-state index is 12.0. The molecule has 9 aliphatic rings. The predicted octanol–water partition coefficient (Wildman–Crippen LogP) is 1.32. The molecule has 16 nitrogen and oxygen atoms in total. The Labute approximate surface area is 359 Å². The van der Waals surface area contributed by atoms with Gasteiger partial charge in [0.1, 0.15) is 61.0 Å². The van der Waals surface area contributed by atoms with Crippen LogP contribution >= 0.6 is 0 Å². The van der Waals surface area contributed by atoms with E-state index in [1.807, 2.05) is 0 Å². The van der Waals surface area contributed by atoms with Gasteiger partial charge in [0.25, 0.3) is 0 Å². The fourth-order valence-electron chi connectivity index (χ4n) is 14.6. The van der Waals surface area contributed by atoms with E-state index in [2.05, 4.69) is 27.7 Å². The Balaban J connectivity index is 0.887. The van der Waals surface area contributed by atoms with Gasteiger partial charge in [-0.1, -0.05) is 27.7 Å². The molecular weight excluding hydrogens is 796 g/mol. The van der Waals surface area contributed by atoms with E-state index in [9.17, 15) is 40.9 Å². The summed E-state index contributed by atoms with van der Waals surface area (Å²) >= 11 is 0. The summed E-state index contributed by atoms with van der Waals surface area (Å²) in [7, 11) is 0. The Kier molecular flexibility index (Phi) is 12.6. The first-order chi connectivity index (χ1) is 28.9. The van der Waals surface area contributed by atoms with Crippen LogP contribution in [0.25, 0.3) is 0 Å². The van der Waals surface area contributed by atoms with Gasteiger partial charge < -0.3 is 78.7 Å². The highest BCUT2D eigenvalue weighted by molar-refractivity contribution is 5.15. The fraction of sp³-hybridized carbons (Fsp3) is 1.00. The molecule has 0 bridgehead atoms. The van der Waals surface area contributed by atoms with Crippen LogP contribution in [-0.2, 0) is 37.9 Å². The molecule has 9 fully saturated rings. The molecule has 4 aliphatic carbocycles. The van der Waals surface area contributed by atoms with Gasteiger partial charge in [-0.3, -0.25) is 0 Å². The summed E-state index contributed by atoms with van der Waals surface area (Å²) in [6.45, 7) is 12.9. The van der Waals surface area contributed by atoms with Gasteiger partial charge in [-0.15, -0.1) is 0 Å². The van der Waals surface area contributed by atoms with Crippen LogP contribution in [-0.4, -0.2) is 164 Å². The van der Waals surface area contributed by atoms with Gasteiger partial charge in [-0.25, -0.2) is 0 Å². The molecule has 27 unspecified atom stereocenters. The Hall–Kier alpha value is -0.640. The lowest BCUT2D eigenvalue weighted by Gasteiger charge is -2.61. The van der Waals surface area contributed by atoms with Crippen LogP contribution in [0.3, 0.4) is 0 Å². The lowest BCUT2D eigenvalue weighted by molar-refractivity contribution is -0.388. The van der Waals surface area contributed by atoms with Gasteiger partial charge >= 0.3 is 0 Å². The lowest BCUT2D eigenvalue weighted by Crippen LogP contribution is -2.67. The van der Waals surface area contributed by atoms with Crippen molar-refractivity contribution in [3.63, 3.8) is 0 Å². The second-order valence-corrected chi connectivity index (χ2v) is 21.5. The van der Waals surface area contributed by atoms with E-state index >= 15 is 0 Å². The second-order valence-electron chi connectivity index (χ2n) is 21.5. The highest BCUT2D eigenvalue weighted by Crippen LogP contribution is 2.71. The number of hydrogen-bond donors (Lipinski definition) is 8. The van der Waals surface area contributed by atoms with Crippen molar-refractivity contribution in [2.45, 2.75) is 216 Å². The van der Waals surface area contributed by atoms with Crippen LogP contribution in [0.15, 0.2) is 0 Å². The van der Waals surface area contributed by atoms with Crippen molar-refractivity contribution in [3.05, 3.63) is 0 Å². The quantitative estimate of drug-likeness (QED) is 0.169.